The highest BCUT2D eigenvalue weighted by Gasteiger charge is 2.09. The lowest BCUT2D eigenvalue weighted by Gasteiger charge is -1.98. The summed E-state index contributed by atoms with van der Waals surface area (Å²) in [5, 5.41) is 7.78. The first-order valence-corrected chi connectivity index (χ1v) is 6.90. The summed E-state index contributed by atoms with van der Waals surface area (Å²) in [6.45, 7) is 0. The predicted octanol–water partition coefficient (Wildman–Crippen LogP) is 1.47. The highest BCUT2D eigenvalue weighted by molar-refractivity contribution is 7.87. The quantitative estimate of drug-likeness (QED) is 0.896. The van der Waals surface area contributed by atoms with Crippen LogP contribution >= 0.6 is 11.3 Å². The number of hydrogen-bond acceptors (Lipinski definition) is 5. The number of nitrogens with zero attached hydrogens (tertiary/aromatic N) is 2. The van der Waals surface area contributed by atoms with Crippen molar-refractivity contribution in [2.24, 2.45) is 0 Å². The van der Waals surface area contributed by atoms with Crippen molar-refractivity contribution in [1.82, 2.24) is 10.2 Å². The number of aryl methyl sites for hydroxylation is 1. The second-order valence-electron chi connectivity index (χ2n) is 3.19. The van der Waals surface area contributed by atoms with Crippen LogP contribution in [0.5, 0.6) is 0 Å². The molecule has 0 radical (unpaired) electrons. The predicted molar refractivity (Wildman–Crippen MR) is 65.7 cm³/mol. The molecule has 0 aliphatic carbocycles. The van der Waals surface area contributed by atoms with Gasteiger partial charge in [0.05, 0.1) is 10.8 Å². The van der Waals surface area contributed by atoms with E-state index in [0.717, 1.165) is 6.42 Å². The van der Waals surface area contributed by atoms with E-state index in [2.05, 4.69) is 10.2 Å². The van der Waals surface area contributed by atoms with Crippen LogP contribution in [0.1, 0.15) is 5.56 Å². The molecule has 6 heteroatoms. The second-order valence-corrected chi connectivity index (χ2v) is 5.94. The summed E-state index contributed by atoms with van der Waals surface area (Å²) in [6, 6.07) is 9.95. The normalized spacial score (nSPS) is 12.5. The molecule has 1 heterocycles. The van der Waals surface area contributed by atoms with E-state index in [4.69, 9.17) is 5.73 Å². The molecule has 84 valence electrons. The maximum Gasteiger partial charge on any atom is 0.206 e. The van der Waals surface area contributed by atoms with Gasteiger partial charge in [-0.15, -0.1) is 10.2 Å². The van der Waals surface area contributed by atoms with E-state index in [1.807, 2.05) is 30.3 Å². The third-order valence-electron chi connectivity index (χ3n) is 2.04. The Morgan fingerprint density at radius 2 is 2.00 bits per heavy atom. The van der Waals surface area contributed by atoms with Crippen LogP contribution in [0.4, 0.5) is 5.13 Å². The Morgan fingerprint density at radius 3 is 2.62 bits per heavy atom. The molecule has 1 aromatic heterocycles. The maximum atomic E-state index is 11.8. The fourth-order valence-corrected chi connectivity index (χ4v) is 3.20. The molecule has 2 N–H and O–H groups in total. The van der Waals surface area contributed by atoms with Crippen molar-refractivity contribution in [3.63, 3.8) is 0 Å². The SMILES string of the molecule is Nc1nnc(S(=O)CCc2ccccc2)s1. The van der Waals surface area contributed by atoms with E-state index in [1.54, 1.807) is 0 Å². The fourth-order valence-electron chi connectivity index (χ4n) is 1.25. The smallest absolute Gasteiger partial charge is 0.206 e. The maximum absolute atomic E-state index is 11.8. The van der Waals surface area contributed by atoms with Crippen LogP contribution in [0.15, 0.2) is 34.7 Å². The lowest BCUT2D eigenvalue weighted by Crippen LogP contribution is -2.01. The van der Waals surface area contributed by atoms with Crippen molar-refractivity contribution in [3.05, 3.63) is 35.9 Å². The third-order valence-corrected chi connectivity index (χ3v) is 4.44. The van der Waals surface area contributed by atoms with Gasteiger partial charge in [0.15, 0.2) is 0 Å². The van der Waals surface area contributed by atoms with Gasteiger partial charge in [0, 0.05) is 5.75 Å². The molecule has 2 rings (SSSR count). The van der Waals surface area contributed by atoms with Crippen LogP contribution in [0, 0.1) is 0 Å². The van der Waals surface area contributed by atoms with Gasteiger partial charge in [0.1, 0.15) is 0 Å². The summed E-state index contributed by atoms with van der Waals surface area (Å²) in [7, 11) is -1.10. The average Bonchev–Trinajstić information content (AvgIpc) is 2.74. The number of anilines is 1. The van der Waals surface area contributed by atoms with Crippen LogP contribution in [0.25, 0.3) is 0 Å². The summed E-state index contributed by atoms with van der Waals surface area (Å²) in [4.78, 5) is 0. The minimum atomic E-state index is -1.10. The molecule has 2 aromatic rings. The van der Waals surface area contributed by atoms with E-state index in [1.165, 1.54) is 16.9 Å². The molecule has 0 amide bonds. The molecular formula is C10H11N3OS2. The van der Waals surface area contributed by atoms with Crippen LogP contribution in [0.2, 0.25) is 0 Å². The largest absolute Gasteiger partial charge is 0.374 e. The minimum absolute atomic E-state index is 0.364. The first-order valence-electron chi connectivity index (χ1n) is 4.77. The molecule has 4 nitrogen and oxygen atoms in total. The zero-order valence-electron chi connectivity index (χ0n) is 8.50. The third kappa shape index (κ3) is 2.86. The van der Waals surface area contributed by atoms with Gasteiger partial charge in [0.2, 0.25) is 9.47 Å². The van der Waals surface area contributed by atoms with E-state index in [9.17, 15) is 4.21 Å². The van der Waals surface area contributed by atoms with E-state index in [0.29, 0.717) is 15.2 Å². The Kier molecular flexibility index (Phi) is 3.63. The van der Waals surface area contributed by atoms with Crippen molar-refractivity contribution in [2.45, 2.75) is 10.8 Å². The Bertz CT molecular complexity index is 484. The molecule has 16 heavy (non-hydrogen) atoms. The van der Waals surface area contributed by atoms with Crippen LogP contribution < -0.4 is 5.73 Å². The van der Waals surface area contributed by atoms with Gasteiger partial charge in [-0.1, -0.05) is 41.7 Å². The van der Waals surface area contributed by atoms with Crippen LogP contribution in [-0.2, 0) is 17.2 Å². The zero-order chi connectivity index (χ0) is 11.4. The van der Waals surface area contributed by atoms with Gasteiger partial charge in [-0.25, -0.2) is 0 Å². The molecule has 1 atom stereocenters. The molecular weight excluding hydrogens is 242 g/mol. The van der Waals surface area contributed by atoms with Crippen molar-refractivity contribution < 1.29 is 4.21 Å². The summed E-state index contributed by atoms with van der Waals surface area (Å²) in [5.74, 6) is 0.554. The van der Waals surface area contributed by atoms with Crippen molar-refractivity contribution in [2.75, 3.05) is 11.5 Å². The van der Waals surface area contributed by atoms with Gasteiger partial charge in [-0.3, -0.25) is 4.21 Å². The van der Waals surface area contributed by atoms with Crippen molar-refractivity contribution >= 4 is 27.3 Å². The van der Waals surface area contributed by atoms with Crippen molar-refractivity contribution in [1.29, 1.82) is 0 Å². The first-order chi connectivity index (χ1) is 7.75. The van der Waals surface area contributed by atoms with Gasteiger partial charge < -0.3 is 5.73 Å². The number of aromatic nitrogens is 2. The van der Waals surface area contributed by atoms with Crippen LogP contribution in [0.3, 0.4) is 0 Å². The summed E-state index contributed by atoms with van der Waals surface area (Å²) in [6.07, 6.45) is 0.771. The summed E-state index contributed by atoms with van der Waals surface area (Å²) in [5.41, 5.74) is 6.61. The van der Waals surface area contributed by atoms with E-state index >= 15 is 0 Å². The zero-order valence-corrected chi connectivity index (χ0v) is 10.1. The summed E-state index contributed by atoms with van der Waals surface area (Å²) >= 11 is 1.19. The molecule has 0 saturated carbocycles. The lowest BCUT2D eigenvalue weighted by molar-refractivity contribution is 0.680. The molecule has 0 aliphatic heterocycles. The highest BCUT2D eigenvalue weighted by atomic mass is 32.2. The Balaban J connectivity index is 1.94. The minimum Gasteiger partial charge on any atom is -0.374 e. The van der Waals surface area contributed by atoms with Gasteiger partial charge in [-0.2, -0.15) is 0 Å². The molecule has 0 saturated heterocycles. The lowest BCUT2D eigenvalue weighted by atomic mass is 10.2. The van der Waals surface area contributed by atoms with E-state index < -0.39 is 10.8 Å². The average molecular weight is 253 g/mol. The topological polar surface area (TPSA) is 68.9 Å². The second kappa shape index (κ2) is 5.18. The number of nitrogen functional groups attached to an aromatic ring is 1. The molecule has 1 unspecified atom stereocenters. The molecule has 0 spiro atoms. The number of hydrogen-bond donors (Lipinski definition) is 1. The van der Waals surface area contributed by atoms with Gasteiger partial charge in [0.25, 0.3) is 0 Å². The molecule has 0 fully saturated rings. The molecule has 0 bridgehead atoms. The summed E-state index contributed by atoms with van der Waals surface area (Å²) < 4.78 is 12.3. The fraction of sp³-hybridized carbons (Fsp3) is 0.200. The number of rotatable bonds is 4. The number of benzene rings is 1. The van der Waals surface area contributed by atoms with Gasteiger partial charge in [-0.05, 0) is 12.0 Å². The highest BCUT2D eigenvalue weighted by Crippen LogP contribution is 2.16. The standard InChI is InChI=1S/C10H11N3OS2/c11-9-12-13-10(15-9)16(14)7-6-8-4-2-1-3-5-8/h1-5H,6-7H2,(H2,11,12). The molecule has 0 aliphatic rings. The number of nitrogens with two attached hydrogens (primary N) is 1. The Morgan fingerprint density at radius 1 is 1.25 bits per heavy atom. The first kappa shape index (κ1) is 11.2. The Hall–Kier alpha value is -1.27. The van der Waals surface area contributed by atoms with Gasteiger partial charge >= 0.3 is 0 Å². The van der Waals surface area contributed by atoms with E-state index in [-0.39, 0.29) is 0 Å². The monoisotopic (exact) mass is 253 g/mol. The van der Waals surface area contributed by atoms with Crippen LogP contribution in [-0.4, -0.2) is 20.2 Å². The Labute approximate surface area is 100.0 Å². The van der Waals surface area contributed by atoms with Crippen molar-refractivity contribution in [3.8, 4) is 0 Å². The molecule has 1 aromatic carbocycles.